The monoisotopic (exact) mass is 244 g/mol. The number of hydrogen-bond acceptors (Lipinski definition) is 2. The highest BCUT2D eigenvalue weighted by Gasteiger charge is 2.20. The summed E-state index contributed by atoms with van der Waals surface area (Å²) >= 11 is 0. The molecule has 0 aromatic rings. The van der Waals surface area contributed by atoms with Crippen LogP contribution in [0.1, 0.15) is 40.0 Å². The van der Waals surface area contributed by atoms with Crippen molar-refractivity contribution in [2.75, 3.05) is 20.1 Å². The summed E-state index contributed by atoms with van der Waals surface area (Å²) < 4.78 is 0. The van der Waals surface area contributed by atoms with Gasteiger partial charge in [-0.15, -0.1) is 0 Å². The van der Waals surface area contributed by atoms with E-state index in [0.29, 0.717) is 6.54 Å². The molecule has 0 rings (SSSR count). The summed E-state index contributed by atoms with van der Waals surface area (Å²) in [6.45, 7) is 6.75. The van der Waals surface area contributed by atoms with Crippen molar-refractivity contribution in [3.8, 4) is 0 Å². The Kier molecular flexibility index (Phi) is 7.34. The average molecular weight is 244 g/mol. The lowest BCUT2D eigenvalue weighted by Gasteiger charge is -2.31. The molecule has 0 bridgehead atoms. The van der Waals surface area contributed by atoms with Crippen molar-refractivity contribution in [3.63, 3.8) is 0 Å². The molecule has 0 heterocycles. The van der Waals surface area contributed by atoms with E-state index < -0.39 is 5.97 Å². The lowest BCUT2D eigenvalue weighted by molar-refractivity contribution is -0.137. The maximum Gasteiger partial charge on any atom is 0.319 e. The number of rotatable bonds is 7. The van der Waals surface area contributed by atoms with Gasteiger partial charge in [0.2, 0.25) is 0 Å². The van der Waals surface area contributed by atoms with E-state index in [4.69, 9.17) is 5.11 Å². The summed E-state index contributed by atoms with van der Waals surface area (Å²) in [6.07, 6.45) is 1.98. The summed E-state index contributed by atoms with van der Waals surface area (Å²) in [5, 5.41) is 8.62. The fourth-order valence-electron chi connectivity index (χ4n) is 1.64. The third-order valence-corrected chi connectivity index (χ3v) is 2.92. The van der Waals surface area contributed by atoms with Gasteiger partial charge in [-0.1, -0.05) is 13.3 Å². The Morgan fingerprint density at radius 2 is 1.88 bits per heavy atom. The highest BCUT2D eigenvalue weighted by molar-refractivity contribution is 5.75. The van der Waals surface area contributed by atoms with Gasteiger partial charge in [0.15, 0.2) is 0 Å². The van der Waals surface area contributed by atoms with Crippen molar-refractivity contribution in [1.29, 1.82) is 0 Å². The van der Waals surface area contributed by atoms with Crippen LogP contribution in [0.2, 0.25) is 0 Å². The van der Waals surface area contributed by atoms with Gasteiger partial charge in [-0.05, 0) is 20.3 Å². The van der Waals surface area contributed by atoms with E-state index >= 15 is 0 Å². The van der Waals surface area contributed by atoms with Crippen LogP contribution in [0.15, 0.2) is 0 Å². The van der Waals surface area contributed by atoms with E-state index in [9.17, 15) is 9.59 Å². The summed E-state index contributed by atoms with van der Waals surface area (Å²) in [6, 6.07) is 0.0982. The summed E-state index contributed by atoms with van der Waals surface area (Å²) in [5.41, 5.74) is 0. The fourth-order valence-corrected chi connectivity index (χ4v) is 1.64. The molecule has 5 heteroatoms. The van der Waals surface area contributed by atoms with Gasteiger partial charge < -0.3 is 14.9 Å². The highest BCUT2D eigenvalue weighted by atomic mass is 16.4. The van der Waals surface area contributed by atoms with Crippen LogP contribution in [0.25, 0.3) is 0 Å². The number of urea groups is 1. The second-order valence-electron chi connectivity index (χ2n) is 4.25. The Morgan fingerprint density at radius 1 is 1.29 bits per heavy atom. The Hall–Kier alpha value is -1.26. The van der Waals surface area contributed by atoms with Gasteiger partial charge in [-0.25, -0.2) is 4.79 Å². The molecule has 0 aromatic carbocycles. The molecule has 0 aliphatic carbocycles. The molecule has 1 unspecified atom stereocenters. The van der Waals surface area contributed by atoms with E-state index in [2.05, 4.69) is 6.92 Å². The summed E-state index contributed by atoms with van der Waals surface area (Å²) in [4.78, 5) is 25.8. The molecule has 2 amide bonds. The largest absolute Gasteiger partial charge is 0.481 e. The first-order valence-electron chi connectivity index (χ1n) is 6.17. The van der Waals surface area contributed by atoms with E-state index in [1.807, 2.05) is 13.8 Å². The van der Waals surface area contributed by atoms with Gasteiger partial charge in [0.25, 0.3) is 0 Å². The predicted octanol–water partition coefficient (Wildman–Crippen LogP) is 2.02. The second-order valence-corrected chi connectivity index (χ2v) is 4.25. The zero-order chi connectivity index (χ0) is 13.4. The molecule has 0 aliphatic heterocycles. The topological polar surface area (TPSA) is 60.9 Å². The zero-order valence-electron chi connectivity index (χ0n) is 11.3. The van der Waals surface area contributed by atoms with Crippen LogP contribution in [-0.4, -0.2) is 53.1 Å². The first-order chi connectivity index (χ1) is 7.93. The summed E-state index contributed by atoms with van der Waals surface area (Å²) in [5.74, 6) is -0.875. The van der Waals surface area contributed by atoms with Crippen LogP contribution in [0.4, 0.5) is 4.79 Å². The van der Waals surface area contributed by atoms with Gasteiger partial charge in [-0.3, -0.25) is 4.79 Å². The molecular formula is C12H24N2O3. The normalized spacial score (nSPS) is 12.0. The maximum absolute atomic E-state index is 12.1. The SMILES string of the molecule is CCCC(C)N(C)C(=O)N(CC)CCC(=O)O. The van der Waals surface area contributed by atoms with Crippen molar-refractivity contribution in [2.24, 2.45) is 0 Å². The summed E-state index contributed by atoms with van der Waals surface area (Å²) in [7, 11) is 1.77. The van der Waals surface area contributed by atoms with Crippen LogP contribution in [-0.2, 0) is 4.79 Å². The minimum atomic E-state index is -0.875. The minimum absolute atomic E-state index is 0.00439. The number of carboxylic acids is 1. The molecule has 1 atom stereocenters. The molecule has 0 radical (unpaired) electrons. The maximum atomic E-state index is 12.1. The van der Waals surface area contributed by atoms with Gasteiger partial charge in [0.1, 0.15) is 0 Å². The van der Waals surface area contributed by atoms with Crippen LogP contribution < -0.4 is 0 Å². The van der Waals surface area contributed by atoms with Crippen molar-refractivity contribution >= 4 is 12.0 Å². The van der Waals surface area contributed by atoms with Crippen molar-refractivity contribution in [3.05, 3.63) is 0 Å². The third kappa shape index (κ3) is 5.56. The number of hydrogen-bond donors (Lipinski definition) is 1. The molecule has 5 nitrogen and oxygen atoms in total. The first kappa shape index (κ1) is 15.7. The number of carbonyl (C=O) groups excluding carboxylic acids is 1. The third-order valence-electron chi connectivity index (χ3n) is 2.92. The predicted molar refractivity (Wildman–Crippen MR) is 67.0 cm³/mol. The average Bonchev–Trinajstić information content (AvgIpc) is 2.28. The van der Waals surface area contributed by atoms with Gasteiger partial charge in [-0.2, -0.15) is 0 Å². The number of nitrogens with zero attached hydrogens (tertiary/aromatic N) is 2. The van der Waals surface area contributed by atoms with E-state index in [1.165, 1.54) is 0 Å². The van der Waals surface area contributed by atoms with Crippen LogP contribution in [0, 0.1) is 0 Å². The molecular weight excluding hydrogens is 220 g/mol. The number of amides is 2. The fraction of sp³-hybridized carbons (Fsp3) is 0.833. The molecule has 0 saturated carbocycles. The smallest absolute Gasteiger partial charge is 0.319 e. The second kappa shape index (κ2) is 7.92. The lowest BCUT2D eigenvalue weighted by Crippen LogP contribution is -2.45. The van der Waals surface area contributed by atoms with E-state index in [1.54, 1.807) is 16.8 Å². The Morgan fingerprint density at radius 3 is 2.29 bits per heavy atom. The molecule has 0 aliphatic rings. The van der Waals surface area contributed by atoms with E-state index in [0.717, 1.165) is 12.8 Å². The van der Waals surface area contributed by atoms with Crippen molar-refractivity contribution in [1.82, 2.24) is 9.80 Å². The highest BCUT2D eigenvalue weighted by Crippen LogP contribution is 2.08. The number of carbonyl (C=O) groups is 2. The van der Waals surface area contributed by atoms with Gasteiger partial charge >= 0.3 is 12.0 Å². The first-order valence-corrected chi connectivity index (χ1v) is 6.17. The van der Waals surface area contributed by atoms with Gasteiger partial charge in [0, 0.05) is 26.2 Å². The Labute approximate surface area is 103 Å². The van der Waals surface area contributed by atoms with Crippen molar-refractivity contribution < 1.29 is 14.7 Å². The molecule has 17 heavy (non-hydrogen) atoms. The van der Waals surface area contributed by atoms with Crippen LogP contribution in [0.5, 0.6) is 0 Å². The van der Waals surface area contributed by atoms with Crippen molar-refractivity contribution in [2.45, 2.75) is 46.1 Å². The van der Waals surface area contributed by atoms with Crippen LogP contribution in [0.3, 0.4) is 0 Å². The molecule has 1 N–H and O–H groups in total. The number of carboxylic acid groups (broad SMARTS) is 1. The molecule has 0 saturated heterocycles. The molecule has 0 aromatic heterocycles. The quantitative estimate of drug-likeness (QED) is 0.745. The van der Waals surface area contributed by atoms with Crippen LogP contribution >= 0.6 is 0 Å². The number of aliphatic carboxylic acids is 1. The van der Waals surface area contributed by atoms with Gasteiger partial charge in [0.05, 0.1) is 6.42 Å². The van der Waals surface area contributed by atoms with E-state index in [-0.39, 0.29) is 25.0 Å². The molecule has 0 spiro atoms. The Balaban J connectivity index is 4.36. The molecule has 100 valence electrons. The minimum Gasteiger partial charge on any atom is -0.481 e. The Bertz CT molecular complexity index is 256. The lowest BCUT2D eigenvalue weighted by atomic mass is 10.2. The molecule has 0 fully saturated rings. The zero-order valence-corrected chi connectivity index (χ0v) is 11.3. The standard InChI is InChI=1S/C12H24N2O3/c1-5-7-10(3)13(4)12(17)14(6-2)9-8-11(15)16/h10H,5-9H2,1-4H3,(H,15,16).